The smallest absolute Gasteiger partial charge is 0.251 e. The van der Waals surface area contributed by atoms with E-state index in [9.17, 15) is 4.79 Å². The third-order valence-corrected chi connectivity index (χ3v) is 3.80. The molecule has 1 aliphatic heterocycles. The molecule has 0 bridgehead atoms. The van der Waals surface area contributed by atoms with Crippen LogP contribution in [0.25, 0.3) is 0 Å². The Morgan fingerprint density at radius 1 is 1.29 bits per heavy atom. The van der Waals surface area contributed by atoms with Crippen LogP contribution in [0.3, 0.4) is 0 Å². The van der Waals surface area contributed by atoms with Gasteiger partial charge < -0.3 is 15.8 Å². The molecule has 4 nitrogen and oxygen atoms in total. The van der Waals surface area contributed by atoms with Crippen LogP contribution in [0.4, 0.5) is 5.69 Å². The number of nitrogens with two attached hydrogens (primary N) is 1. The van der Waals surface area contributed by atoms with Crippen molar-refractivity contribution in [2.24, 2.45) is 0 Å². The minimum atomic E-state index is -0.0835. The van der Waals surface area contributed by atoms with Crippen molar-refractivity contribution < 1.29 is 9.53 Å². The lowest BCUT2D eigenvalue weighted by molar-refractivity contribution is 0.0924. The quantitative estimate of drug-likeness (QED) is 0.832. The van der Waals surface area contributed by atoms with Crippen LogP contribution in [0.15, 0.2) is 42.5 Å². The molecule has 1 heterocycles. The zero-order valence-electron chi connectivity index (χ0n) is 11.9. The molecule has 0 saturated carbocycles. The van der Waals surface area contributed by atoms with Gasteiger partial charge in [-0.3, -0.25) is 4.79 Å². The van der Waals surface area contributed by atoms with E-state index in [-0.39, 0.29) is 11.9 Å². The lowest BCUT2D eigenvalue weighted by Crippen LogP contribution is -2.32. The molecule has 3 N–H and O–H groups in total. The molecule has 0 saturated heterocycles. The lowest BCUT2D eigenvalue weighted by atomic mass is 10.00. The van der Waals surface area contributed by atoms with Gasteiger partial charge in [-0.25, -0.2) is 0 Å². The number of carbonyl (C=O) groups is 1. The summed E-state index contributed by atoms with van der Waals surface area (Å²) >= 11 is 0. The minimum absolute atomic E-state index is 0.0136. The van der Waals surface area contributed by atoms with Crippen molar-refractivity contribution in [1.29, 1.82) is 0 Å². The summed E-state index contributed by atoms with van der Waals surface area (Å²) < 4.78 is 5.61. The topological polar surface area (TPSA) is 64.3 Å². The average molecular weight is 282 g/mol. The van der Waals surface area contributed by atoms with E-state index in [0.29, 0.717) is 17.9 Å². The molecule has 1 unspecified atom stereocenters. The van der Waals surface area contributed by atoms with E-state index < -0.39 is 0 Å². The normalized spacial score (nSPS) is 16.7. The molecule has 4 heteroatoms. The highest BCUT2D eigenvalue weighted by atomic mass is 16.5. The summed E-state index contributed by atoms with van der Waals surface area (Å²) in [5.74, 6) is 0.766. The molecular weight excluding hydrogens is 264 g/mol. The number of hydrogen-bond donors (Lipinski definition) is 2. The van der Waals surface area contributed by atoms with Gasteiger partial charge in [0, 0.05) is 23.2 Å². The molecule has 0 spiro atoms. The number of amides is 1. The SMILES string of the molecule is Cc1cc(C(=O)NC2CCOc3ccccc32)ccc1N. The predicted octanol–water partition coefficient (Wildman–Crippen LogP) is 2.83. The standard InChI is InChI=1S/C17H18N2O2/c1-11-10-12(6-7-14(11)18)17(20)19-15-8-9-21-16-5-3-2-4-13(15)16/h2-7,10,15H,8-9,18H2,1H3,(H,19,20). The Labute approximate surface area is 123 Å². The molecule has 1 atom stereocenters. The van der Waals surface area contributed by atoms with E-state index in [4.69, 9.17) is 10.5 Å². The fourth-order valence-corrected chi connectivity index (χ4v) is 2.55. The van der Waals surface area contributed by atoms with Crippen LogP contribution < -0.4 is 15.8 Å². The number of rotatable bonds is 2. The molecule has 2 aromatic rings. The van der Waals surface area contributed by atoms with Crippen LogP contribution >= 0.6 is 0 Å². The van der Waals surface area contributed by atoms with E-state index in [1.165, 1.54) is 0 Å². The highest BCUT2D eigenvalue weighted by Gasteiger charge is 2.23. The Kier molecular flexibility index (Phi) is 3.52. The summed E-state index contributed by atoms with van der Waals surface area (Å²) in [5.41, 5.74) is 9.06. The van der Waals surface area contributed by atoms with E-state index in [2.05, 4.69) is 5.32 Å². The molecule has 1 aliphatic rings. The number of aryl methyl sites for hydroxylation is 1. The summed E-state index contributed by atoms with van der Waals surface area (Å²) in [7, 11) is 0. The van der Waals surface area contributed by atoms with Crippen molar-refractivity contribution in [2.75, 3.05) is 12.3 Å². The zero-order valence-corrected chi connectivity index (χ0v) is 11.9. The van der Waals surface area contributed by atoms with Crippen LogP contribution in [0.2, 0.25) is 0 Å². The van der Waals surface area contributed by atoms with E-state index in [1.54, 1.807) is 12.1 Å². The van der Waals surface area contributed by atoms with Crippen LogP contribution in [0.1, 0.15) is 33.9 Å². The lowest BCUT2D eigenvalue weighted by Gasteiger charge is -2.26. The van der Waals surface area contributed by atoms with Crippen LogP contribution in [-0.4, -0.2) is 12.5 Å². The first kappa shape index (κ1) is 13.5. The van der Waals surface area contributed by atoms with Crippen molar-refractivity contribution in [3.05, 3.63) is 59.2 Å². The zero-order chi connectivity index (χ0) is 14.8. The van der Waals surface area contributed by atoms with Crippen molar-refractivity contribution in [1.82, 2.24) is 5.32 Å². The minimum Gasteiger partial charge on any atom is -0.493 e. The second-order valence-electron chi connectivity index (χ2n) is 5.27. The summed E-state index contributed by atoms with van der Waals surface area (Å²) in [5, 5.41) is 3.08. The first-order chi connectivity index (χ1) is 10.1. The van der Waals surface area contributed by atoms with E-state index in [1.807, 2.05) is 37.3 Å². The number of fused-ring (bicyclic) bond motifs is 1. The Balaban J connectivity index is 1.81. The number of para-hydroxylation sites is 1. The van der Waals surface area contributed by atoms with Crippen molar-refractivity contribution in [2.45, 2.75) is 19.4 Å². The predicted molar refractivity (Wildman–Crippen MR) is 82.4 cm³/mol. The summed E-state index contributed by atoms with van der Waals surface area (Å²) in [4.78, 5) is 12.4. The third-order valence-electron chi connectivity index (χ3n) is 3.80. The molecule has 0 fully saturated rings. The fraction of sp³-hybridized carbons (Fsp3) is 0.235. The molecule has 0 aliphatic carbocycles. The fourth-order valence-electron chi connectivity index (χ4n) is 2.55. The Morgan fingerprint density at radius 3 is 2.90 bits per heavy atom. The van der Waals surface area contributed by atoms with Gasteiger partial charge in [-0.05, 0) is 36.8 Å². The van der Waals surface area contributed by atoms with Crippen molar-refractivity contribution >= 4 is 11.6 Å². The second-order valence-corrected chi connectivity index (χ2v) is 5.27. The molecular formula is C17H18N2O2. The molecule has 3 rings (SSSR count). The maximum Gasteiger partial charge on any atom is 0.251 e. The monoisotopic (exact) mass is 282 g/mol. The number of benzene rings is 2. The molecule has 0 radical (unpaired) electrons. The largest absolute Gasteiger partial charge is 0.493 e. The van der Waals surface area contributed by atoms with Gasteiger partial charge in [0.15, 0.2) is 0 Å². The van der Waals surface area contributed by atoms with Crippen LogP contribution in [-0.2, 0) is 0 Å². The molecule has 108 valence electrons. The van der Waals surface area contributed by atoms with Gasteiger partial charge in [-0.1, -0.05) is 18.2 Å². The third kappa shape index (κ3) is 2.70. The summed E-state index contributed by atoms with van der Waals surface area (Å²) in [6, 6.07) is 13.1. The van der Waals surface area contributed by atoms with Crippen LogP contribution in [0.5, 0.6) is 5.75 Å². The van der Waals surface area contributed by atoms with Gasteiger partial charge in [0.2, 0.25) is 0 Å². The second kappa shape index (κ2) is 5.48. The Hall–Kier alpha value is -2.49. The number of carbonyl (C=O) groups excluding carboxylic acids is 1. The summed E-state index contributed by atoms with van der Waals surface area (Å²) in [6.45, 7) is 2.51. The highest BCUT2D eigenvalue weighted by Crippen LogP contribution is 2.31. The van der Waals surface area contributed by atoms with Gasteiger partial charge in [-0.15, -0.1) is 0 Å². The first-order valence-corrected chi connectivity index (χ1v) is 7.04. The van der Waals surface area contributed by atoms with Gasteiger partial charge in [0.25, 0.3) is 5.91 Å². The van der Waals surface area contributed by atoms with E-state index >= 15 is 0 Å². The highest BCUT2D eigenvalue weighted by molar-refractivity contribution is 5.95. The van der Waals surface area contributed by atoms with Crippen molar-refractivity contribution in [3.8, 4) is 5.75 Å². The first-order valence-electron chi connectivity index (χ1n) is 7.04. The maximum atomic E-state index is 12.4. The number of nitrogen functional groups attached to an aromatic ring is 1. The van der Waals surface area contributed by atoms with Crippen molar-refractivity contribution in [3.63, 3.8) is 0 Å². The Morgan fingerprint density at radius 2 is 2.10 bits per heavy atom. The number of ether oxygens (including phenoxy) is 1. The Bertz CT molecular complexity index is 682. The van der Waals surface area contributed by atoms with Gasteiger partial charge in [-0.2, -0.15) is 0 Å². The molecule has 2 aromatic carbocycles. The maximum absolute atomic E-state index is 12.4. The van der Waals surface area contributed by atoms with Gasteiger partial charge in [0.05, 0.1) is 12.6 Å². The molecule has 1 amide bonds. The van der Waals surface area contributed by atoms with Crippen LogP contribution in [0, 0.1) is 6.92 Å². The number of hydrogen-bond acceptors (Lipinski definition) is 3. The average Bonchev–Trinajstić information content (AvgIpc) is 2.50. The molecule has 21 heavy (non-hydrogen) atoms. The number of nitrogens with one attached hydrogen (secondary N) is 1. The number of anilines is 1. The van der Waals surface area contributed by atoms with Gasteiger partial charge in [0.1, 0.15) is 5.75 Å². The molecule has 0 aromatic heterocycles. The van der Waals surface area contributed by atoms with E-state index in [0.717, 1.165) is 23.3 Å². The van der Waals surface area contributed by atoms with Gasteiger partial charge >= 0.3 is 0 Å². The summed E-state index contributed by atoms with van der Waals surface area (Å²) in [6.07, 6.45) is 0.775.